The number of carboxylic acid groups (broad SMARTS) is 1. The SMILES string of the molecule is Cc1cccc(-n2nc(C(=O)O)cc2C)c1C. The van der Waals surface area contributed by atoms with Gasteiger partial charge in [0.15, 0.2) is 5.69 Å². The molecule has 88 valence electrons. The summed E-state index contributed by atoms with van der Waals surface area (Å²) in [5.41, 5.74) is 4.08. The normalized spacial score (nSPS) is 10.5. The molecule has 0 spiro atoms. The van der Waals surface area contributed by atoms with Crippen LogP contribution in [0.3, 0.4) is 0 Å². The van der Waals surface area contributed by atoms with E-state index in [1.54, 1.807) is 10.7 Å². The molecule has 0 saturated carbocycles. The highest BCUT2D eigenvalue weighted by atomic mass is 16.4. The minimum atomic E-state index is -1.00. The molecule has 0 saturated heterocycles. The van der Waals surface area contributed by atoms with E-state index in [0.717, 1.165) is 22.5 Å². The molecule has 0 aliphatic heterocycles. The largest absolute Gasteiger partial charge is 0.476 e. The molecule has 0 aliphatic carbocycles. The van der Waals surface area contributed by atoms with Crippen LogP contribution in [0.5, 0.6) is 0 Å². The van der Waals surface area contributed by atoms with E-state index in [-0.39, 0.29) is 5.69 Å². The average Bonchev–Trinajstić information content (AvgIpc) is 2.65. The zero-order valence-electron chi connectivity index (χ0n) is 10.1. The molecule has 0 radical (unpaired) electrons. The number of benzene rings is 1. The Morgan fingerprint density at radius 2 is 2.00 bits per heavy atom. The van der Waals surface area contributed by atoms with E-state index in [1.807, 2.05) is 39.0 Å². The highest BCUT2D eigenvalue weighted by molar-refractivity contribution is 5.85. The Morgan fingerprint density at radius 3 is 2.59 bits per heavy atom. The lowest BCUT2D eigenvalue weighted by Gasteiger charge is -2.09. The summed E-state index contributed by atoms with van der Waals surface area (Å²) in [6, 6.07) is 7.48. The van der Waals surface area contributed by atoms with Gasteiger partial charge in [-0.3, -0.25) is 0 Å². The molecule has 4 nitrogen and oxygen atoms in total. The molecular formula is C13H14N2O2. The fraction of sp³-hybridized carbons (Fsp3) is 0.231. The van der Waals surface area contributed by atoms with Crippen molar-refractivity contribution in [3.8, 4) is 5.69 Å². The first-order valence-electron chi connectivity index (χ1n) is 5.37. The maximum Gasteiger partial charge on any atom is 0.356 e. The van der Waals surface area contributed by atoms with E-state index in [0.29, 0.717) is 0 Å². The van der Waals surface area contributed by atoms with Gasteiger partial charge in [-0.15, -0.1) is 0 Å². The Labute approximate surface area is 99.5 Å². The summed E-state index contributed by atoms with van der Waals surface area (Å²) in [5, 5.41) is 13.0. The minimum absolute atomic E-state index is 0.0726. The number of rotatable bonds is 2. The van der Waals surface area contributed by atoms with Crippen molar-refractivity contribution in [2.75, 3.05) is 0 Å². The van der Waals surface area contributed by atoms with E-state index in [9.17, 15) is 4.79 Å². The van der Waals surface area contributed by atoms with Gasteiger partial charge in [0.25, 0.3) is 0 Å². The standard InChI is InChI=1S/C13H14N2O2/c1-8-5-4-6-12(10(8)3)15-9(2)7-11(14-15)13(16)17/h4-7H,1-3H3,(H,16,17). The zero-order chi connectivity index (χ0) is 12.6. The molecule has 0 amide bonds. The van der Waals surface area contributed by atoms with Crippen molar-refractivity contribution in [1.82, 2.24) is 9.78 Å². The number of aromatic carboxylic acids is 1. The van der Waals surface area contributed by atoms with Gasteiger partial charge in [0, 0.05) is 5.69 Å². The fourth-order valence-electron chi connectivity index (χ4n) is 1.79. The number of aryl methyl sites for hydroxylation is 2. The summed E-state index contributed by atoms with van der Waals surface area (Å²) >= 11 is 0. The van der Waals surface area contributed by atoms with Crippen LogP contribution in [0.1, 0.15) is 27.3 Å². The Balaban J connectivity index is 2.60. The van der Waals surface area contributed by atoms with Gasteiger partial charge in [-0.25, -0.2) is 9.48 Å². The second-order valence-electron chi connectivity index (χ2n) is 4.11. The summed E-state index contributed by atoms with van der Waals surface area (Å²) in [6.07, 6.45) is 0. The quantitative estimate of drug-likeness (QED) is 0.862. The predicted octanol–water partition coefficient (Wildman–Crippen LogP) is 2.50. The van der Waals surface area contributed by atoms with Gasteiger partial charge in [0.05, 0.1) is 5.69 Å². The second-order valence-corrected chi connectivity index (χ2v) is 4.11. The maximum atomic E-state index is 10.9. The summed E-state index contributed by atoms with van der Waals surface area (Å²) in [5.74, 6) is -1.00. The van der Waals surface area contributed by atoms with Gasteiger partial charge in [0.2, 0.25) is 0 Å². The number of aromatic nitrogens is 2. The van der Waals surface area contributed by atoms with Crippen molar-refractivity contribution in [2.24, 2.45) is 0 Å². The van der Waals surface area contributed by atoms with Crippen LogP contribution in [0.25, 0.3) is 5.69 Å². The van der Waals surface area contributed by atoms with E-state index < -0.39 is 5.97 Å². The molecule has 2 aromatic rings. The van der Waals surface area contributed by atoms with Crippen LogP contribution in [-0.2, 0) is 0 Å². The molecule has 1 heterocycles. The van der Waals surface area contributed by atoms with Crippen molar-refractivity contribution >= 4 is 5.97 Å². The van der Waals surface area contributed by atoms with Crippen molar-refractivity contribution in [3.05, 3.63) is 46.8 Å². The highest BCUT2D eigenvalue weighted by Gasteiger charge is 2.13. The van der Waals surface area contributed by atoms with Crippen LogP contribution in [0, 0.1) is 20.8 Å². The maximum absolute atomic E-state index is 10.9. The third kappa shape index (κ3) is 1.93. The van der Waals surface area contributed by atoms with Gasteiger partial charge >= 0.3 is 5.97 Å². The summed E-state index contributed by atoms with van der Waals surface area (Å²) < 4.78 is 1.67. The summed E-state index contributed by atoms with van der Waals surface area (Å²) in [7, 11) is 0. The average molecular weight is 230 g/mol. The third-order valence-corrected chi connectivity index (χ3v) is 2.91. The third-order valence-electron chi connectivity index (χ3n) is 2.91. The Bertz CT molecular complexity index is 585. The van der Waals surface area contributed by atoms with Crippen molar-refractivity contribution < 1.29 is 9.90 Å². The molecule has 4 heteroatoms. The first kappa shape index (κ1) is 11.4. The summed E-state index contributed by atoms with van der Waals surface area (Å²) in [4.78, 5) is 10.9. The molecule has 0 aliphatic rings. The van der Waals surface area contributed by atoms with Crippen LogP contribution >= 0.6 is 0 Å². The molecule has 1 aromatic heterocycles. The molecular weight excluding hydrogens is 216 g/mol. The molecule has 2 rings (SSSR count). The lowest BCUT2D eigenvalue weighted by atomic mass is 10.1. The Morgan fingerprint density at radius 1 is 1.29 bits per heavy atom. The number of nitrogens with zero attached hydrogens (tertiary/aromatic N) is 2. The zero-order valence-corrected chi connectivity index (χ0v) is 10.1. The van der Waals surface area contributed by atoms with E-state index >= 15 is 0 Å². The number of hydrogen-bond acceptors (Lipinski definition) is 2. The lowest BCUT2D eigenvalue weighted by Crippen LogP contribution is -2.04. The molecule has 17 heavy (non-hydrogen) atoms. The van der Waals surface area contributed by atoms with Gasteiger partial charge in [-0.2, -0.15) is 5.10 Å². The van der Waals surface area contributed by atoms with Gasteiger partial charge < -0.3 is 5.11 Å². The minimum Gasteiger partial charge on any atom is -0.476 e. The Hall–Kier alpha value is -2.10. The Kier molecular flexibility index (Phi) is 2.71. The number of carboxylic acids is 1. The van der Waals surface area contributed by atoms with Crippen LogP contribution in [0.2, 0.25) is 0 Å². The van der Waals surface area contributed by atoms with Crippen molar-refractivity contribution in [1.29, 1.82) is 0 Å². The highest BCUT2D eigenvalue weighted by Crippen LogP contribution is 2.19. The summed E-state index contributed by atoms with van der Waals surface area (Å²) in [6.45, 7) is 5.88. The molecule has 1 aromatic carbocycles. The molecule has 1 N–H and O–H groups in total. The van der Waals surface area contributed by atoms with Gasteiger partial charge in [-0.05, 0) is 44.0 Å². The van der Waals surface area contributed by atoms with Crippen molar-refractivity contribution in [3.63, 3.8) is 0 Å². The number of hydrogen-bond donors (Lipinski definition) is 1. The first-order valence-corrected chi connectivity index (χ1v) is 5.37. The van der Waals surface area contributed by atoms with Gasteiger partial charge in [-0.1, -0.05) is 12.1 Å². The van der Waals surface area contributed by atoms with Crippen LogP contribution in [-0.4, -0.2) is 20.9 Å². The molecule has 0 fully saturated rings. The van der Waals surface area contributed by atoms with Crippen LogP contribution in [0.4, 0.5) is 0 Å². The van der Waals surface area contributed by atoms with E-state index in [4.69, 9.17) is 5.11 Å². The van der Waals surface area contributed by atoms with E-state index in [1.165, 1.54) is 0 Å². The predicted molar refractivity (Wildman–Crippen MR) is 64.7 cm³/mol. The molecule has 0 unspecified atom stereocenters. The van der Waals surface area contributed by atoms with E-state index in [2.05, 4.69) is 5.10 Å². The molecule has 0 bridgehead atoms. The topological polar surface area (TPSA) is 55.1 Å². The van der Waals surface area contributed by atoms with Crippen LogP contribution < -0.4 is 0 Å². The first-order chi connectivity index (χ1) is 8.00. The number of carbonyl (C=O) groups is 1. The molecule has 0 atom stereocenters. The smallest absolute Gasteiger partial charge is 0.356 e. The van der Waals surface area contributed by atoms with Crippen molar-refractivity contribution in [2.45, 2.75) is 20.8 Å². The fourth-order valence-corrected chi connectivity index (χ4v) is 1.79. The monoisotopic (exact) mass is 230 g/mol. The lowest BCUT2D eigenvalue weighted by molar-refractivity contribution is 0.0690. The van der Waals surface area contributed by atoms with Gasteiger partial charge in [0.1, 0.15) is 0 Å². The van der Waals surface area contributed by atoms with Crippen LogP contribution in [0.15, 0.2) is 24.3 Å². The second kappa shape index (κ2) is 4.05.